The summed E-state index contributed by atoms with van der Waals surface area (Å²) < 4.78 is 5.54. The number of hydrogen-bond donors (Lipinski definition) is 11. The Hall–Kier alpha value is -6.11. The van der Waals surface area contributed by atoms with Crippen LogP contribution in [0.1, 0.15) is 99.5 Å². The van der Waals surface area contributed by atoms with Crippen LogP contribution in [0.25, 0.3) is 0 Å². The average molecular weight is 1040 g/mol. The predicted octanol–water partition coefficient (Wildman–Crippen LogP) is -1.31. The highest BCUT2D eigenvalue weighted by Crippen LogP contribution is 2.25. The predicted molar refractivity (Wildman–Crippen MR) is 267 cm³/mol. The van der Waals surface area contributed by atoms with Gasteiger partial charge in [-0.15, -0.1) is 0 Å². The van der Waals surface area contributed by atoms with Gasteiger partial charge in [0.25, 0.3) is 0 Å². The summed E-state index contributed by atoms with van der Waals surface area (Å²) in [6, 6.07) is -2.84. The summed E-state index contributed by atoms with van der Waals surface area (Å²) in [6.07, 6.45) is -1.17. The SMILES string of the molecule is CCOc1ccc(C[C@H]2NC(=O)CCSSC[C@@H](C(=O)N[C@H](C(=O)N[C@@H](CC(C)C)C(=O)NCC(N)=O)C(C)(C)C)NC(=O)[C@H](CC(N)=O)NC(=O)[C@H](CCC(N)=O)NC(=O)[C@H]([C@@H](C)CC)NC2=O)cc1. The number of nitrogens with one attached hydrogen (secondary N) is 8. The first-order chi connectivity index (χ1) is 33.2. The highest BCUT2D eigenvalue weighted by molar-refractivity contribution is 8.76. The van der Waals surface area contributed by atoms with Gasteiger partial charge in [-0.1, -0.05) is 88.6 Å². The van der Waals surface area contributed by atoms with Crippen LogP contribution in [0, 0.1) is 17.3 Å². The lowest BCUT2D eigenvalue weighted by molar-refractivity contribution is -0.137. The molecule has 14 N–H and O–H groups in total. The summed E-state index contributed by atoms with van der Waals surface area (Å²) in [5.41, 5.74) is 15.8. The first-order valence-corrected chi connectivity index (χ1v) is 25.9. The molecule has 0 spiro atoms. The quantitative estimate of drug-likeness (QED) is 0.0676. The van der Waals surface area contributed by atoms with Crippen molar-refractivity contribution in [2.45, 2.75) is 143 Å². The molecule has 1 aromatic carbocycles. The van der Waals surface area contributed by atoms with Gasteiger partial charge in [-0.05, 0) is 54.7 Å². The number of rotatable bonds is 20. The van der Waals surface area contributed by atoms with Gasteiger partial charge in [-0.3, -0.25) is 52.7 Å². The van der Waals surface area contributed by atoms with Gasteiger partial charge in [-0.2, -0.15) is 0 Å². The molecule has 0 saturated carbocycles. The average Bonchev–Trinajstić information content (AvgIpc) is 3.28. The minimum absolute atomic E-state index is 0.0105. The Morgan fingerprint density at radius 1 is 0.746 bits per heavy atom. The zero-order chi connectivity index (χ0) is 53.6. The monoisotopic (exact) mass is 1040 g/mol. The molecule has 1 aliphatic heterocycles. The minimum atomic E-state index is -1.75. The molecule has 1 saturated heterocycles. The number of hydrogen-bond acceptors (Lipinski definition) is 14. The van der Waals surface area contributed by atoms with Crippen molar-refractivity contribution in [2.24, 2.45) is 34.5 Å². The lowest BCUT2D eigenvalue weighted by Crippen LogP contribution is -2.62. The molecule has 1 aliphatic rings. The van der Waals surface area contributed by atoms with Gasteiger partial charge < -0.3 is 64.5 Å². The van der Waals surface area contributed by atoms with E-state index in [2.05, 4.69) is 42.5 Å². The highest BCUT2D eigenvalue weighted by atomic mass is 33.1. The molecule has 71 heavy (non-hydrogen) atoms. The normalized spacial score (nSPS) is 21.3. The molecule has 8 atom stereocenters. The molecule has 1 heterocycles. The van der Waals surface area contributed by atoms with E-state index < -0.39 is 138 Å². The largest absolute Gasteiger partial charge is 0.494 e. The molecule has 0 aromatic heterocycles. The zero-order valence-corrected chi connectivity index (χ0v) is 43.4. The summed E-state index contributed by atoms with van der Waals surface area (Å²) in [7, 11) is 2.21. The van der Waals surface area contributed by atoms with Gasteiger partial charge >= 0.3 is 0 Å². The second-order valence-electron chi connectivity index (χ2n) is 18.7. The molecule has 1 fully saturated rings. The molecular formula is C46H73N11O12S2. The standard InChI is InChI=1S/C46H73N11O12S2/c1-9-25(5)37-44(67)52-28(15-16-33(47)58)40(63)53-31(21-34(48)59)41(64)55-32(43(66)57-38(46(6,7)8)45(68)54-29(19-24(3)4)39(62)50-22-35(49)60)23-71-70-18-17-36(61)51-30(42(65)56-37)20-26-11-13-27(14-12-26)69-10-2/h11-14,24-25,28-32,37-38H,9-10,15-23H2,1-8H3,(H2,47,58)(H2,48,59)(H2,49,60)(H,50,62)(H,51,61)(H,52,67)(H,53,63)(H,54,68)(H,55,64)(H,56,65)(H,57,66)/t25-,28-,29-,30+,31-,32-,37-,38+/m0/s1. The lowest BCUT2D eigenvalue weighted by Gasteiger charge is -2.33. The number of nitrogens with two attached hydrogens (primary N) is 3. The molecule has 2 rings (SSSR count). The van der Waals surface area contributed by atoms with Crippen molar-refractivity contribution < 1.29 is 57.5 Å². The maximum atomic E-state index is 14.3. The summed E-state index contributed by atoms with van der Waals surface area (Å²) in [6.45, 7) is 13.8. The molecule has 0 bridgehead atoms. The number of benzene rings is 1. The second-order valence-corrected chi connectivity index (χ2v) is 21.3. The number of ether oxygens (including phenoxy) is 1. The van der Waals surface area contributed by atoms with Gasteiger partial charge in [0.2, 0.25) is 65.0 Å². The molecule has 23 nitrogen and oxygen atoms in total. The van der Waals surface area contributed by atoms with Crippen LogP contribution < -0.4 is 64.5 Å². The van der Waals surface area contributed by atoms with E-state index in [0.717, 1.165) is 21.6 Å². The van der Waals surface area contributed by atoms with Crippen LogP contribution in [0.5, 0.6) is 5.75 Å². The van der Waals surface area contributed by atoms with E-state index in [9.17, 15) is 52.7 Å². The van der Waals surface area contributed by atoms with Crippen LogP contribution >= 0.6 is 21.6 Å². The molecule has 0 unspecified atom stereocenters. The Morgan fingerprint density at radius 2 is 1.37 bits per heavy atom. The molecule has 25 heteroatoms. The maximum absolute atomic E-state index is 14.3. The smallest absolute Gasteiger partial charge is 0.244 e. The minimum Gasteiger partial charge on any atom is -0.494 e. The van der Waals surface area contributed by atoms with Crippen LogP contribution in [-0.4, -0.2) is 132 Å². The summed E-state index contributed by atoms with van der Waals surface area (Å²) in [4.78, 5) is 147. The van der Waals surface area contributed by atoms with Crippen molar-refractivity contribution in [2.75, 3.05) is 24.7 Å². The summed E-state index contributed by atoms with van der Waals surface area (Å²) in [5, 5.41) is 20.7. The van der Waals surface area contributed by atoms with Crippen molar-refractivity contribution in [1.82, 2.24) is 42.5 Å². The number of amides is 11. The second kappa shape index (κ2) is 29.9. The van der Waals surface area contributed by atoms with E-state index in [0.29, 0.717) is 24.3 Å². The van der Waals surface area contributed by atoms with E-state index in [1.165, 1.54) is 0 Å². The Morgan fingerprint density at radius 3 is 1.93 bits per heavy atom. The highest BCUT2D eigenvalue weighted by Gasteiger charge is 2.39. The van der Waals surface area contributed by atoms with Crippen molar-refractivity contribution >= 4 is 86.6 Å². The summed E-state index contributed by atoms with van der Waals surface area (Å²) >= 11 is 0. The molecule has 0 aliphatic carbocycles. The fraction of sp³-hybridized carbons (Fsp3) is 0.630. The third-order valence-electron chi connectivity index (χ3n) is 11.0. The van der Waals surface area contributed by atoms with Gasteiger partial charge in [-0.25, -0.2) is 0 Å². The first-order valence-electron chi connectivity index (χ1n) is 23.5. The summed E-state index contributed by atoms with van der Waals surface area (Å²) in [5.74, 6) is -9.35. The third kappa shape index (κ3) is 22.2. The van der Waals surface area contributed by atoms with Crippen molar-refractivity contribution in [1.29, 1.82) is 0 Å². The van der Waals surface area contributed by atoms with Crippen LogP contribution in [0.2, 0.25) is 0 Å². The number of primary amides is 3. The molecule has 396 valence electrons. The van der Waals surface area contributed by atoms with Crippen molar-refractivity contribution in [3.05, 3.63) is 29.8 Å². The molecule has 11 amide bonds. The van der Waals surface area contributed by atoms with Crippen LogP contribution in [0.3, 0.4) is 0 Å². The Labute approximate surface area is 422 Å². The molecule has 0 radical (unpaired) electrons. The fourth-order valence-electron chi connectivity index (χ4n) is 6.99. The lowest BCUT2D eigenvalue weighted by atomic mass is 9.85. The maximum Gasteiger partial charge on any atom is 0.244 e. The van der Waals surface area contributed by atoms with E-state index in [1.807, 2.05) is 20.8 Å². The molecule has 1 aromatic rings. The van der Waals surface area contributed by atoms with Gasteiger partial charge in [0.1, 0.15) is 48.0 Å². The Balaban J connectivity index is 2.64. The van der Waals surface area contributed by atoms with Gasteiger partial charge in [0, 0.05) is 30.8 Å². The van der Waals surface area contributed by atoms with Gasteiger partial charge in [0.15, 0.2) is 0 Å². The van der Waals surface area contributed by atoms with E-state index >= 15 is 0 Å². The first kappa shape index (κ1) is 61.0. The van der Waals surface area contributed by atoms with Crippen LogP contribution in [-0.2, 0) is 59.2 Å². The van der Waals surface area contributed by atoms with Crippen LogP contribution in [0.4, 0.5) is 0 Å². The van der Waals surface area contributed by atoms with Crippen molar-refractivity contribution in [3.63, 3.8) is 0 Å². The van der Waals surface area contributed by atoms with Crippen molar-refractivity contribution in [3.8, 4) is 5.75 Å². The van der Waals surface area contributed by atoms with E-state index in [4.69, 9.17) is 21.9 Å². The number of carbonyl (C=O) groups excluding carboxylic acids is 11. The molecular weight excluding hydrogens is 963 g/mol. The van der Waals surface area contributed by atoms with E-state index in [-0.39, 0.29) is 43.1 Å². The topological polar surface area (TPSA) is 371 Å². The van der Waals surface area contributed by atoms with E-state index in [1.54, 1.807) is 58.9 Å². The van der Waals surface area contributed by atoms with Gasteiger partial charge in [0.05, 0.1) is 19.6 Å². The number of carbonyl (C=O) groups is 11. The third-order valence-corrected chi connectivity index (χ3v) is 13.4. The Kier molecular flexibility index (Phi) is 25.7. The fourth-order valence-corrected chi connectivity index (χ4v) is 9.15. The zero-order valence-electron chi connectivity index (χ0n) is 41.7. The Bertz CT molecular complexity index is 2050. The van der Waals surface area contributed by atoms with Crippen LogP contribution in [0.15, 0.2) is 24.3 Å².